The number of amides is 1. The molecule has 0 aliphatic heterocycles. The molecule has 1 unspecified atom stereocenters. The van der Waals surface area contributed by atoms with Gasteiger partial charge in [0.25, 0.3) is 5.91 Å². The average Bonchev–Trinajstić information content (AvgIpc) is 3.27. The van der Waals surface area contributed by atoms with Crippen LogP contribution in [0.3, 0.4) is 0 Å². The lowest BCUT2D eigenvalue weighted by molar-refractivity contribution is -0.122. The van der Waals surface area contributed by atoms with Crippen LogP contribution in [0.4, 0.5) is 5.00 Å². The third-order valence-corrected chi connectivity index (χ3v) is 6.50. The highest BCUT2D eigenvalue weighted by atomic mass is 32.1. The van der Waals surface area contributed by atoms with Crippen molar-refractivity contribution in [1.82, 2.24) is 0 Å². The zero-order chi connectivity index (χ0) is 26.5. The third kappa shape index (κ3) is 6.18. The first-order chi connectivity index (χ1) is 17.1. The molecule has 36 heavy (non-hydrogen) atoms. The van der Waals surface area contributed by atoms with E-state index < -0.39 is 12.1 Å². The Morgan fingerprint density at radius 1 is 1.00 bits per heavy atom. The number of thiophene rings is 1. The number of hydrogen-bond donors (Lipinski definition) is 1. The molecule has 1 atom stereocenters. The minimum absolute atomic E-state index is 0.0236. The van der Waals surface area contributed by atoms with Gasteiger partial charge in [-0.2, -0.15) is 0 Å². The second-order valence-corrected chi connectivity index (χ2v) is 10.0. The molecule has 1 amide bonds. The largest absolute Gasteiger partial charge is 0.493 e. The number of nitrogens with one attached hydrogen (secondary N) is 1. The summed E-state index contributed by atoms with van der Waals surface area (Å²) in [4.78, 5) is 25.9. The van der Waals surface area contributed by atoms with Gasteiger partial charge in [-0.1, -0.05) is 39.0 Å². The molecule has 3 rings (SSSR count). The molecule has 1 heterocycles. The van der Waals surface area contributed by atoms with E-state index in [0.717, 1.165) is 5.56 Å². The Kier molecular flexibility index (Phi) is 8.63. The van der Waals surface area contributed by atoms with Crippen LogP contribution < -0.4 is 19.5 Å². The Balaban J connectivity index is 1.85. The molecular weight excluding hydrogens is 478 g/mol. The fourth-order valence-corrected chi connectivity index (χ4v) is 4.54. The van der Waals surface area contributed by atoms with Crippen molar-refractivity contribution in [3.05, 3.63) is 59.0 Å². The number of esters is 1. The number of rotatable bonds is 9. The normalized spacial score (nSPS) is 12.0. The molecule has 1 N–H and O–H groups in total. The highest BCUT2D eigenvalue weighted by molar-refractivity contribution is 7.15. The summed E-state index contributed by atoms with van der Waals surface area (Å²) < 4.78 is 21.9. The van der Waals surface area contributed by atoms with E-state index in [1.807, 2.05) is 30.3 Å². The molecule has 0 saturated carbocycles. The van der Waals surface area contributed by atoms with Gasteiger partial charge in [-0.15, -0.1) is 11.3 Å². The van der Waals surface area contributed by atoms with Gasteiger partial charge >= 0.3 is 5.97 Å². The maximum atomic E-state index is 13.0. The molecular formula is C28H33NO6S. The topological polar surface area (TPSA) is 83.1 Å². The highest BCUT2D eigenvalue weighted by Gasteiger charge is 2.25. The van der Waals surface area contributed by atoms with Gasteiger partial charge in [0.15, 0.2) is 17.6 Å². The van der Waals surface area contributed by atoms with Gasteiger partial charge in [0.2, 0.25) is 0 Å². The van der Waals surface area contributed by atoms with E-state index in [0.29, 0.717) is 27.8 Å². The molecule has 7 nitrogen and oxygen atoms in total. The van der Waals surface area contributed by atoms with Crippen LogP contribution in [0.1, 0.15) is 50.5 Å². The molecule has 0 spiro atoms. The predicted octanol–water partition coefficient (Wildman–Crippen LogP) is 6.31. The average molecular weight is 512 g/mol. The Hall–Kier alpha value is -3.52. The molecule has 0 bridgehead atoms. The van der Waals surface area contributed by atoms with Crippen molar-refractivity contribution < 1.29 is 28.5 Å². The molecule has 192 valence electrons. The molecule has 8 heteroatoms. The zero-order valence-electron chi connectivity index (χ0n) is 21.8. The van der Waals surface area contributed by atoms with E-state index in [4.69, 9.17) is 18.9 Å². The molecule has 0 fully saturated rings. The van der Waals surface area contributed by atoms with Gasteiger partial charge in [-0.3, -0.25) is 4.79 Å². The van der Waals surface area contributed by atoms with Crippen molar-refractivity contribution in [2.75, 3.05) is 26.1 Å². The zero-order valence-corrected chi connectivity index (χ0v) is 22.6. The Morgan fingerprint density at radius 2 is 1.67 bits per heavy atom. The Labute approximate surface area is 216 Å². The van der Waals surface area contributed by atoms with Gasteiger partial charge in [0, 0.05) is 10.9 Å². The molecule has 1 aromatic heterocycles. The number of hydrogen-bond acceptors (Lipinski definition) is 7. The van der Waals surface area contributed by atoms with Crippen molar-refractivity contribution in [2.24, 2.45) is 0 Å². The SMILES string of the molecule is CCOC(=O)c1c(-c2ccc(OC)c(OC)c2)csc1NC(=O)C(C)Oc1ccc(C(C)(C)C)cc1. The number of benzene rings is 2. The lowest BCUT2D eigenvalue weighted by Gasteiger charge is -2.20. The molecule has 0 radical (unpaired) electrons. The van der Waals surface area contributed by atoms with Crippen molar-refractivity contribution in [2.45, 2.75) is 46.1 Å². The summed E-state index contributed by atoms with van der Waals surface area (Å²) in [5.74, 6) is 0.796. The highest BCUT2D eigenvalue weighted by Crippen LogP contribution is 2.39. The molecule has 0 aliphatic rings. The first-order valence-corrected chi connectivity index (χ1v) is 12.6. The molecule has 0 aliphatic carbocycles. The first-order valence-electron chi connectivity index (χ1n) is 11.7. The van der Waals surface area contributed by atoms with Crippen LogP contribution in [-0.2, 0) is 14.9 Å². The minimum atomic E-state index is -0.785. The summed E-state index contributed by atoms with van der Waals surface area (Å²) in [6, 6.07) is 13.1. The maximum absolute atomic E-state index is 13.0. The monoisotopic (exact) mass is 511 g/mol. The minimum Gasteiger partial charge on any atom is -0.493 e. The van der Waals surface area contributed by atoms with Gasteiger partial charge in [0.05, 0.1) is 20.8 Å². The summed E-state index contributed by atoms with van der Waals surface area (Å²) in [6.45, 7) is 10.0. The lowest BCUT2D eigenvalue weighted by Crippen LogP contribution is -2.30. The van der Waals surface area contributed by atoms with E-state index in [1.54, 1.807) is 45.6 Å². The second kappa shape index (κ2) is 11.5. The van der Waals surface area contributed by atoms with Gasteiger partial charge in [0.1, 0.15) is 16.3 Å². The molecule has 2 aromatic carbocycles. The maximum Gasteiger partial charge on any atom is 0.341 e. The Bertz CT molecular complexity index is 1210. The number of carbonyl (C=O) groups excluding carboxylic acids is 2. The van der Waals surface area contributed by atoms with E-state index >= 15 is 0 Å². The fourth-order valence-electron chi connectivity index (χ4n) is 3.58. The van der Waals surface area contributed by atoms with Gasteiger partial charge in [-0.05, 0) is 54.7 Å². The van der Waals surface area contributed by atoms with E-state index in [2.05, 4.69) is 26.1 Å². The van der Waals surface area contributed by atoms with Crippen LogP contribution in [0.5, 0.6) is 17.2 Å². The van der Waals surface area contributed by atoms with Crippen molar-refractivity contribution in [3.8, 4) is 28.4 Å². The summed E-state index contributed by atoms with van der Waals surface area (Å²) in [7, 11) is 3.10. The standard InChI is InChI=1S/C28H33NO6S/c1-8-34-27(31)24-21(18-9-14-22(32-6)23(15-18)33-7)16-36-26(24)29-25(30)17(2)35-20-12-10-19(11-13-20)28(3,4)5/h9-17H,8H2,1-7H3,(H,29,30). The van der Waals surface area contributed by atoms with Crippen LogP contribution in [0.15, 0.2) is 47.8 Å². The third-order valence-electron chi connectivity index (χ3n) is 5.60. The predicted molar refractivity (Wildman–Crippen MR) is 143 cm³/mol. The van der Waals surface area contributed by atoms with E-state index in [9.17, 15) is 9.59 Å². The van der Waals surface area contributed by atoms with Crippen LogP contribution >= 0.6 is 11.3 Å². The van der Waals surface area contributed by atoms with E-state index in [1.165, 1.54) is 16.9 Å². The fraction of sp³-hybridized carbons (Fsp3) is 0.357. The van der Waals surface area contributed by atoms with Gasteiger partial charge in [-0.25, -0.2) is 4.79 Å². The van der Waals surface area contributed by atoms with Crippen LogP contribution in [0.2, 0.25) is 0 Å². The number of anilines is 1. The van der Waals surface area contributed by atoms with Crippen molar-refractivity contribution in [1.29, 1.82) is 0 Å². The number of ether oxygens (including phenoxy) is 4. The quantitative estimate of drug-likeness (QED) is 0.339. The van der Waals surface area contributed by atoms with Crippen molar-refractivity contribution >= 4 is 28.2 Å². The van der Waals surface area contributed by atoms with E-state index in [-0.39, 0.29) is 23.5 Å². The van der Waals surface area contributed by atoms with Crippen LogP contribution in [-0.4, -0.2) is 38.8 Å². The molecule has 0 saturated heterocycles. The first kappa shape index (κ1) is 27.1. The summed E-state index contributed by atoms with van der Waals surface area (Å²) >= 11 is 1.24. The van der Waals surface area contributed by atoms with Crippen LogP contribution in [0, 0.1) is 0 Å². The van der Waals surface area contributed by atoms with Crippen LogP contribution in [0.25, 0.3) is 11.1 Å². The Morgan fingerprint density at radius 3 is 2.25 bits per heavy atom. The smallest absolute Gasteiger partial charge is 0.341 e. The number of methoxy groups -OCH3 is 2. The molecule has 3 aromatic rings. The second-order valence-electron chi connectivity index (χ2n) is 9.17. The summed E-state index contributed by atoms with van der Waals surface area (Å²) in [6.07, 6.45) is -0.785. The summed E-state index contributed by atoms with van der Waals surface area (Å²) in [5.41, 5.74) is 2.84. The van der Waals surface area contributed by atoms with Gasteiger partial charge < -0.3 is 24.3 Å². The van der Waals surface area contributed by atoms with Crippen molar-refractivity contribution in [3.63, 3.8) is 0 Å². The number of carbonyl (C=O) groups is 2. The lowest BCUT2D eigenvalue weighted by atomic mass is 9.87. The summed E-state index contributed by atoms with van der Waals surface area (Å²) in [5, 5.41) is 5.04.